The summed E-state index contributed by atoms with van der Waals surface area (Å²) in [6.07, 6.45) is 0. The summed E-state index contributed by atoms with van der Waals surface area (Å²) in [4.78, 5) is 4.35. The molecule has 0 atom stereocenters. The molecule has 0 amide bonds. The fraction of sp³-hybridized carbons (Fsp3) is 0.0952. The number of fused-ring (bicyclic) bond motifs is 1. The highest BCUT2D eigenvalue weighted by molar-refractivity contribution is 7.90. The van der Waals surface area contributed by atoms with Crippen LogP contribution in [0.3, 0.4) is 0 Å². The third kappa shape index (κ3) is 4.10. The molecule has 154 valence electrons. The number of sulfonamides is 1. The lowest BCUT2D eigenvalue weighted by Crippen LogP contribution is -2.40. The van der Waals surface area contributed by atoms with Gasteiger partial charge in [0.25, 0.3) is 10.0 Å². The van der Waals surface area contributed by atoms with Gasteiger partial charge in [0, 0.05) is 0 Å². The first-order valence-electron chi connectivity index (χ1n) is 8.98. The molecule has 1 aliphatic rings. The van der Waals surface area contributed by atoms with E-state index in [0.717, 1.165) is 11.1 Å². The molecule has 0 aromatic heterocycles. The summed E-state index contributed by atoms with van der Waals surface area (Å²) >= 11 is 6.16. The van der Waals surface area contributed by atoms with Crippen molar-refractivity contribution in [2.75, 3.05) is 5.32 Å². The molecule has 0 bridgehead atoms. The van der Waals surface area contributed by atoms with E-state index in [0.29, 0.717) is 10.8 Å². The Bertz CT molecular complexity index is 1260. The van der Waals surface area contributed by atoms with Gasteiger partial charge in [-0.1, -0.05) is 35.9 Å². The summed E-state index contributed by atoms with van der Waals surface area (Å²) in [5.41, 5.74) is 1.75. The molecule has 2 N–H and O–H groups in total. The first-order chi connectivity index (χ1) is 14.3. The molecule has 9 heteroatoms. The summed E-state index contributed by atoms with van der Waals surface area (Å²) in [5.74, 6) is 0.388. The lowest BCUT2D eigenvalue weighted by Gasteiger charge is -2.24. The number of nitrogens with zero attached hydrogens (tertiary/aromatic N) is 1. The van der Waals surface area contributed by atoms with Crippen molar-refractivity contribution in [3.05, 3.63) is 82.6 Å². The van der Waals surface area contributed by atoms with Crippen LogP contribution in [-0.4, -0.2) is 14.4 Å². The third-order valence-electron chi connectivity index (χ3n) is 4.52. The van der Waals surface area contributed by atoms with Crippen molar-refractivity contribution >= 4 is 33.3 Å². The van der Waals surface area contributed by atoms with E-state index >= 15 is 0 Å². The second-order valence-corrected chi connectivity index (χ2v) is 8.69. The zero-order valence-electron chi connectivity index (χ0n) is 15.8. The number of halogens is 2. The van der Waals surface area contributed by atoms with E-state index in [-0.39, 0.29) is 34.7 Å². The number of guanidine groups is 1. The van der Waals surface area contributed by atoms with Gasteiger partial charge in [-0.2, -0.15) is 0 Å². The van der Waals surface area contributed by atoms with Crippen LogP contribution in [0.15, 0.2) is 70.6 Å². The number of aliphatic imine (C=N–C) groups is 1. The number of para-hydroxylation sites is 2. The summed E-state index contributed by atoms with van der Waals surface area (Å²) in [6, 6.07) is 15.9. The number of ether oxygens (including phenoxy) is 1. The first kappa shape index (κ1) is 20.2. The molecule has 1 heterocycles. The van der Waals surface area contributed by atoms with Crippen molar-refractivity contribution in [3.8, 4) is 11.5 Å². The van der Waals surface area contributed by atoms with Crippen molar-refractivity contribution in [1.82, 2.24) is 4.72 Å². The Morgan fingerprint density at radius 3 is 2.60 bits per heavy atom. The van der Waals surface area contributed by atoms with Crippen LogP contribution in [0.5, 0.6) is 11.5 Å². The molecule has 0 unspecified atom stereocenters. The zero-order valence-corrected chi connectivity index (χ0v) is 17.4. The van der Waals surface area contributed by atoms with E-state index in [4.69, 9.17) is 16.3 Å². The first-order valence-corrected chi connectivity index (χ1v) is 10.8. The number of hydrogen-bond donors (Lipinski definition) is 2. The predicted molar refractivity (Wildman–Crippen MR) is 114 cm³/mol. The second-order valence-electron chi connectivity index (χ2n) is 6.63. The van der Waals surface area contributed by atoms with Crippen LogP contribution in [-0.2, 0) is 16.6 Å². The lowest BCUT2D eigenvalue weighted by atomic mass is 10.1. The van der Waals surface area contributed by atoms with E-state index in [9.17, 15) is 12.8 Å². The van der Waals surface area contributed by atoms with Gasteiger partial charge >= 0.3 is 0 Å². The molecular weight excluding hydrogens is 429 g/mol. The average molecular weight is 446 g/mol. The van der Waals surface area contributed by atoms with E-state index in [1.807, 2.05) is 0 Å². The minimum Gasteiger partial charge on any atom is -0.454 e. The number of hydrogen-bond acceptors (Lipinski definition) is 4. The van der Waals surface area contributed by atoms with Crippen molar-refractivity contribution in [3.63, 3.8) is 0 Å². The molecule has 0 fully saturated rings. The average Bonchev–Trinajstić information content (AvgIpc) is 2.69. The maximum absolute atomic E-state index is 13.3. The molecule has 3 aromatic carbocycles. The molecular formula is C21H17ClFN3O3S. The van der Waals surface area contributed by atoms with Crippen LogP contribution in [0.1, 0.15) is 11.1 Å². The van der Waals surface area contributed by atoms with Gasteiger partial charge in [0.15, 0.2) is 5.75 Å². The van der Waals surface area contributed by atoms with E-state index in [1.54, 1.807) is 49.4 Å². The molecule has 0 saturated heterocycles. The Labute approximate surface area is 178 Å². The summed E-state index contributed by atoms with van der Waals surface area (Å²) in [7, 11) is -3.85. The Morgan fingerprint density at radius 2 is 1.83 bits per heavy atom. The summed E-state index contributed by atoms with van der Waals surface area (Å²) in [6.45, 7) is 1.93. The Balaban J connectivity index is 1.68. The molecule has 0 spiro atoms. The molecule has 30 heavy (non-hydrogen) atoms. The summed E-state index contributed by atoms with van der Waals surface area (Å²) in [5, 5.41) is 3.38. The van der Waals surface area contributed by atoms with Gasteiger partial charge in [0.2, 0.25) is 5.96 Å². The molecule has 0 radical (unpaired) electrons. The standard InChI is InChI=1S/C21H17ClFN3O3S/c1-13-11-15(23)10-9-14(13)12-24-21-25-20-18(29-17-6-3-2-5-16(17)22)7-4-8-19(20)30(27,28)26-21/h2-11H,12H2,1H3,(H2,24,25,26). The van der Waals surface area contributed by atoms with Gasteiger partial charge in [-0.25, -0.2) is 22.5 Å². The largest absolute Gasteiger partial charge is 0.454 e. The molecule has 6 nitrogen and oxygen atoms in total. The molecule has 3 aromatic rings. The number of rotatable bonds is 4. The van der Waals surface area contributed by atoms with Crippen molar-refractivity contribution < 1.29 is 17.5 Å². The van der Waals surface area contributed by atoms with Crippen LogP contribution in [0.4, 0.5) is 10.1 Å². The molecule has 0 aliphatic carbocycles. The van der Waals surface area contributed by atoms with Crippen LogP contribution >= 0.6 is 11.6 Å². The van der Waals surface area contributed by atoms with Crippen LogP contribution in [0, 0.1) is 12.7 Å². The Hall–Kier alpha value is -3.10. The Kier molecular flexibility index (Phi) is 5.36. The van der Waals surface area contributed by atoms with Gasteiger partial charge in [-0.05, 0) is 54.4 Å². The lowest BCUT2D eigenvalue weighted by molar-refractivity contribution is 0.483. The fourth-order valence-electron chi connectivity index (χ4n) is 2.99. The second kappa shape index (κ2) is 7.97. The number of aryl methyl sites for hydroxylation is 1. The normalized spacial score (nSPS) is 15.8. The highest BCUT2D eigenvalue weighted by atomic mass is 35.5. The topological polar surface area (TPSA) is 79.8 Å². The van der Waals surface area contributed by atoms with E-state index in [1.165, 1.54) is 18.2 Å². The van der Waals surface area contributed by atoms with Gasteiger partial charge < -0.3 is 10.1 Å². The predicted octanol–water partition coefficient (Wildman–Crippen LogP) is 4.84. The number of anilines is 1. The maximum Gasteiger partial charge on any atom is 0.266 e. The molecule has 0 saturated carbocycles. The smallest absolute Gasteiger partial charge is 0.266 e. The van der Waals surface area contributed by atoms with Gasteiger partial charge in [-0.3, -0.25) is 0 Å². The van der Waals surface area contributed by atoms with Crippen molar-refractivity contribution in [2.45, 2.75) is 18.4 Å². The van der Waals surface area contributed by atoms with Gasteiger partial charge in [0.05, 0.1) is 11.6 Å². The van der Waals surface area contributed by atoms with E-state index < -0.39 is 10.0 Å². The number of nitrogens with one attached hydrogen (secondary N) is 2. The van der Waals surface area contributed by atoms with E-state index in [2.05, 4.69) is 15.0 Å². The van der Waals surface area contributed by atoms with Crippen LogP contribution in [0.2, 0.25) is 5.02 Å². The fourth-order valence-corrected chi connectivity index (χ4v) is 4.32. The quantitative estimate of drug-likeness (QED) is 0.602. The molecule has 1 aliphatic heterocycles. The summed E-state index contributed by atoms with van der Waals surface area (Å²) < 4.78 is 47.0. The SMILES string of the molecule is Cc1cc(F)ccc1CN=C1Nc2c(Oc3ccccc3Cl)cccc2S(=O)(=O)N1. The minimum atomic E-state index is -3.85. The van der Waals surface area contributed by atoms with Gasteiger partial charge in [0.1, 0.15) is 22.1 Å². The van der Waals surface area contributed by atoms with Crippen molar-refractivity contribution in [1.29, 1.82) is 0 Å². The molecule has 4 rings (SSSR count). The number of benzene rings is 3. The maximum atomic E-state index is 13.3. The minimum absolute atomic E-state index is 0.0315. The zero-order chi connectivity index (χ0) is 21.3. The van der Waals surface area contributed by atoms with Gasteiger partial charge in [-0.15, -0.1) is 0 Å². The Morgan fingerprint density at radius 1 is 1.07 bits per heavy atom. The highest BCUT2D eigenvalue weighted by Crippen LogP contribution is 2.38. The monoisotopic (exact) mass is 445 g/mol. The highest BCUT2D eigenvalue weighted by Gasteiger charge is 2.29. The third-order valence-corrected chi connectivity index (χ3v) is 6.21. The van der Waals surface area contributed by atoms with Crippen molar-refractivity contribution in [2.24, 2.45) is 4.99 Å². The van der Waals surface area contributed by atoms with Crippen LogP contribution < -0.4 is 14.8 Å². The van der Waals surface area contributed by atoms with Crippen LogP contribution in [0.25, 0.3) is 0 Å².